The van der Waals surface area contributed by atoms with E-state index in [1.54, 1.807) is 36.1 Å². The van der Waals surface area contributed by atoms with E-state index in [2.05, 4.69) is 25.5 Å². The molecule has 3 aromatic heterocycles. The highest BCUT2D eigenvalue weighted by atomic mass is 19.3. The number of nitrogens with zero attached hydrogens (tertiary/aromatic N) is 4. The maximum absolute atomic E-state index is 13.3. The first-order valence-electron chi connectivity index (χ1n) is 11.6. The Labute approximate surface area is 205 Å². The van der Waals surface area contributed by atoms with Crippen LogP contribution in [0, 0.1) is 5.92 Å². The first-order valence-corrected chi connectivity index (χ1v) is 11.6. The number of rotatable bonds is 6. The lowest BCUT2D eigenvalue weighted by Gasteiger charge is -2.33. The monoisotopic (exact) mass is 484 g/mol. The second-order valence-electron chi connectivity index (χ2n) is 9.14. The zero-order valence-electron chi connectivity index (χ0n) is 19.4. The predicted molar refractivity (Wildman–Crippen MR) is 133 cm³/mol. The molecular weight excluding hydrogens is 462 g/mol. The normalized spacial score (nSPS) is 15.1. The SMILES string of the molecule is Cn1c(C(=O)C2CC(F)(F)C2)cc2ccc(-c3nccc(Nc4ccc(-c5cn[nH]c5)cc4)n3)cc21. The van der Waals surface area contributed by atoms with Crippen LogP contribution in [0.25, 0.3) is 33.4 Å². The number of carbonyl (C=O) groups excluding carboxylic acids is 1. The molecule has 9 heteroatoms. The van der Waals surface area contributed by atoms with Crippen LogP contribution in [0.3, 0.4) is 0 Å². The smallest absolute Gasteiger partial charge is 0.249 e. The van der Waals surface area contributed by atoms with Gasteiger partial charge in [-0.25, -0.2) is 18.7 Å². The van der Waals surface area contributed by atoms with Crippen LogP contribution in [0.2, 0.25) is 0 Å². The van der Waals surface area contributed by atoms with Crippen molar-refractivity contribution >= 4 is 28.2 Å². The fourth-order valence-electron chi connectivity index (χ4n) is 4.63. The van der Waals surface area contributed by atoms with Crippen molar-refractivity contribution in [1.29, 1.82) is 0 Å². The summed E-state index contributed by atoms with van der Waals surface area (Å²) in [5.74, 6) is -2.41. The number of ketones is 1. The number of Topliss-reactive ketones (excluding diaryl/α,β-unsaturated/α-hetero) is 1. The molecule has 36 heavy (non-hydrogen) atoms. The molecule has 2 N–H and O–H groups in total. The summed E-state index contributed by atoms with van der Waals surface area (Å²) in [6, 6.07) is 17.2. The number of H-pyrrole nitrogens is 1. The van der Waals surface area contributed by atoms with Crippen molar-refractivity contribution in [3.63, 3.8) is 0 Å². The van der Waals surface area contributed by atoms with E-state index < -0.39 is 11.8 Å². The van der Waals surface area contributed by atoms with Gasteiger partial charge in [0, 0.05) is 65.9 Å². The topological polar surface area (TPSA) is 88.5 Å². The van der Waals surface area contributed by atoms with E-state index in [9.17, 15) is 13.6 Å². The molecule has 0 radical (unpaired) electrons. The Morgan fingerprint density at radius 2 is 1.83 bits per heavy atom. The Hall–Kier alpha value is -4.40. The molecule has 7 nitrogen and oxygen atoms in total. The van der Waals surface area contributed by atoms with Crippen LogP contribution in [0.1, 0.15) is 23.3 Å². The number of hydrogen-bond acceptors (Lipinski definition) is 5. The van der Waals surface area contributed by atoms with Crippen molar-refractivity contribution in [2.45, 2.75) is 18.8 Å². The van der Waals surface area contributed by atoms with Gasteiger partial charge in [-0.1, -0.05) is 24.3 Å². The summed E-state index contributed by atoms with van der Waals surface area (Å²) in [4.78, 5) is 21.9. The molecule has 0 saturated heterocycles. The summed E-state index contributed by atoms with van der Waals surface area (Å²) in [7, 11) is 1.78. The van der Waals surface area contributed by atoms with Crippen LogP contribution in [-0.2, 0) is 7.05 Å². The molecule has 6 rings (SSSR count). The maximum Gasteiger partial charge on any atom is 0.249 e. The predicted octanol–water partition coefficient (Wildman–Crippen LogP) is 6.00. The van der Waals surface area contributed by atoms with Crippen LogP contribution in [0.15, 0.2) is 73.2 Å². The molecule has 180 valence electrons. The molecule has 1 fully saturated rings. The largest absolute Gasteiger partial charge is 0.341 e. The number of benzene rings is 2. The minimum atomic E-state index is -2.73. The van der Waals surface area contributed by atoms with Crippen LogP contribution < -0.4 is 5.32 Å². The van der Waals surface area contributed by atoms with E-state index in [1.807, 2.05) is 48.7 Å². The average Bonchev–Trinajstić information content (AvgIpc) is 3.51. The van der Waals surface area contributed by atoms with Gasteiger partial charge in [0.15, 0.2) is 11.6 Å². The summed E-state index contributed by atoms with van der Waals surface area (Å²) in [6.07, 6.45) is 4.54. The average molecular weight is 485 g/mol. The Kier molecular flexibility index (Phi) is 5.13. The lowest BCUT2D eigenvalue weighted by Crippen LogP contribution is -2.40. The van der Waals surface area contributed by atoms with Crippen LogP contribution in [0.4, 0.5) is 20.3 Å². The second-order valence-corrected chi connectivity index (χ2v) is 9.14. The van der Waals surface area contributed by atoms with Crippen molar-refractivity contribution in [3.8, 4) is 22.5 Å². The number of aromatic nitrogens is 5. The highest BCUT2D eigenvalue weighted by molar-refractivity contribution is 6.02. The van der Waals surface area contributed by atoms with Crippen molar-refractivity contribution in [1.82, 2.24) is 24.7 Å². The Bertz CT molecular complexity index is 1570. The van der Waals surface area contributed by atoms with Gasteiger partial charge < -0.3 is 9.88 Å². The van der Waals surface area contributed by atoms with Gasteiger partial charge >= 0.3 is 0 Å². The molecular formula is C27H22F2N6O. The van der Waals surface area contributed by atoms with E-state index in [0.717, 1.165) is 33.3 Å². The van der Waals surface area contributed by atoms with E-state index in [4.69, 9.17) is 0 Å². The summed E-state index contributed by atoms with van der Waals surface area (Å²) >= 11 is 0. The number of hydrogen-bond donors (Lipinski definition) is 2. The van der Waals surface area contributed by atoms with Gasteiger partial charge in [0.05, 0.1) is 11.9 Å². The number of nitrogens with one attached hydrogen (secondary N) is 2. The Morgan fingerprint density at radius 1 is 1.06 bits per heavy atom. The molecule has 1 aliphatic rings. The van der Waals surface area contributed by atoms with E-state index >= 15 is 0 Å². The van der Waals surface area contributed by atoms with E-state index in [-0.39, 0.29) is 18.6 Å². The van der Waals surface area contributed by atoms with E-state index in [0.29, 0.717) is 17.3 Å². The van der Waals surface area contributed by atoms with Gasteiger partial charge in [-0.05, 0) is 35.9 Å². The number of alkyl halides is 2. The lowest BCUT2D eigenvalue weighted by atomic mass is 9.77. The van der Waals surface area contributed by atoms with Crippen molar-refractivity contribution in [2.75, 3.05) is 5.32 Å². The van der Waals surface area contributed by atoms with Gasteiger partial charge in [-0.15, -0.1) is 0 Å². The Balaban J connectivity index is 1.24. The molecule has 5 aromatic rings. The van der Waals surface area contributed by atoms with E-state index in [1.165, 1.54) is 0 Å². The molecule has 0 unspecified atom stereocenters. The third-order valence-corrected chi connectivity index (χ3v) is 6.66. The third kappa shape index (κ3) is 4.02. The molecule has 0 atom stereocenters. The third-order valence-electron chi connectivity index (χ3n) is 6.66. The van der Waals surface area contributed by atoms with Crippen LogP contribution >= 0.6 is 0 Å². The molecule has 2 aromatic carbocycles. The molecule has 0 spiro atoms. The van der Waals surface area contributed by atoms with Gasteiger partial charge in [0.1, 0.15) is 5.82 Å². The van der Waals surface area contributed by atoms with Gasteiger partial charge in [0.25, 0.3) is 0 Å². The first kappa shape index (κ1) is 22.1. The van der Waals surface area contributed by atoms with Gasteiger partial charge in [0.2, 0.25) is 5.92 Å². The van der Waals surface area contributed by atoms with Crippen molar-refractivity contribution in [2.24, 2.45) is 13.0 Å². The minimum absolute atomic E-state index is 0.234. The molecule has 1 saturated carbocycles. The number of halogens is 2. The molecule has 3 heterocycles. The zero-order chi connectivity index (χ0) is 24.9. The minimum Gasteiger partial charge on any atom is -0.341 e. The summed E-state index contributed by atoms with van der Waals surface area (Å²) in [6.45, 7) is 0. The van der Waals surface area contributed by atoms with Crippen LogP contribution in [-0.4, -0.2) is 36.4 Å². The first-order chi connectivity index (χ1) is 17.4. The fourth-order valence-corrected chi connectivity index (χ4v) is 4.63. The zero-order valence-corrected chi connectivity index (χ0v) is 19.4. The quantitative estimate of drug-likeness (QED) is 0.289. The molecule has 0 bridgehead atoms. The number of anilines is 2. The summed E-state index contributed by atoms with van der Waals surface area (Å²) in [5.41, 5.74) is 5.00. The lowest BCUT2D eigenvalue weighted by molar-refractivity contribution is -0.0983. The number of fused-ring (bicyclic) bond motifs is 1. The maximum atomic E-state index is 13.3. The van der Waals surface area contributed by atoms with Crippen LogP contribution in [0.5, 0.6) is 0 Å². The second kappa shape index (κ2) is 8.37. The molecule has 0 aliphatic heterocycles. The standard InChI is InChI=1S/C27H22F2N6O/c1-35-22-11-18(3-2-17(22)10-23(35)25(36)19-12-27(28,29)13-19)26-30-9-8-24(34-26)33-21-6-4-16(5-7-21)20-14-31-32-15-20/h2-11,14-15,19H,12-13H2,1H3,(H,31,32)(H,30,33,34). The highest BCUT2D eigenvalue weighted by Gasteiger charge is 2.49. The Morgan fingerprint density at radius 3 is 2.56 bits per heavy atom. The molecule has 1 aliphatic carbocycles. The van der Waals surface area contributed by atoms with Gasteiger partial charge in [-0.3, -0.25) is 9.89 Å². The molecule has 0 amide bonds. The number of aryl methyl sites for hydroxylation is 1. The summed E-state index contributed by atoms with van der Waals surface area (Å²) in [5, 5.41) is 11.0. The number of aromatic amines is 1. The fraction of sp³-hybridized carbons (Fsp3) is 0.185. The highest BCUT2D eigenvalue weighted by Crippen LogP contribution is 2.44. The summed E-state index contributed by atoms with van der Waals surface area (Å²) < 4.78 is 28.3. The van der Waals surface area contributed by atoms with Gasteiger partial charge in [-0.2, -0.15) is 5.10 Å². The number of carbonyl (C=O) groups is 1. The van der Waals surface area contributed by atoms with Crippen molar-refractivity contribution < 1.29 is 13.6 Å². The van der Waals surface area contributed by atoms with Crippen molar-refractivity contribution in [3.05, 3.63) is 78.9 Å².